The van der Waals surface area contributed by atoms with Gasteiger partial charge in [-0.2, -0.15) is 0 Å². The number of phenolic OH excluding ortho intramolecular Hbond substituents is 1. The fourth-order valence-electron chi connectivity index (χ4n) is 3.14. The molecule has 1 rings (SSSR count). The van der Waals surface area contributed by atoms with Crippen molar-refractivity contribution in [2.75, 3.05) is 5.73 Å². The molecule has 1 aromatic rings. The van der Waals surface area contributed by atoms with Crippen LogP contribution >= 0.6 is 0 Å². The minimum absolute atomic E-state index is 0.159. The van der Waals surface area contributed by atoms with Crippen LogP contribution in [0.2, 0.25) is 0 Å². The van der Waals surface area contributed by atoms with Gasteiger partial charge in [-0.25, -0.2) is 0 Å². The second-order valence-electron chi connectivity index (χ2n) is 6.57. The largest absolute Gasteiger partial charge is 0.516 e. The van der Waals surface area contributed by atoms with Crippen LogP contribution in [0.3, 0.4) is 0 Å². The first-order chi connectivity index (χ1) is 11.0. The summed E-state index contributed by atoms with van der Waals surface area (Å²) in [5, 5.41) is 19.2. The van der Waals surface area contributed by atoms with Crippen molar-refractivity contribution in [3.63, 3.8) is 0 Å². The number of hydrogen-bond acceptors (Lipinski definition) is 3. The normalized spacial score (nSPS) is 14.2. The van der Waals surface area contributed by atoms with Gasteiger partial charge in [-0.15, -0.1) is 0 Å². The molecule has 0 heterocycles. The monoisotopic (exact) mass is 319 g/mol. The van der Waals surface area contributed by atoms with Gasteiger partial charge in [0.05, 0.1) is 11.9 Å². The molecule has 2 unspecified atom stereocenters. The van der Waals surface area contributed by atoms with Gasteiger partial charge in [0, 0.05) is 5.56 Å². The van der Waals surface area contributed by atoms with Crippen LogP contribution in [0, 0.1) is 5.92 Å². The zero-order valence-corrected chi connectivity index (χ0v) is 14.9. The number of benzene rings is 1. The summed E-state index contributed by atoms with van der Waals surface area (Å²) < 4.78 is 0. The molecule has 23 heavy (non-hydrogen) atoms. The third-order valence-corrected chi connectivity index (χ3v) is 4.87. The molecule has 2 atom stereocenters. The minimum atomic E-state index is 0.159. The molecule has 0 bridgehead atoms. The van der Waals surface area contributed by atoms with E-state index < -0.39 is 0 Å². The number of rotatable bonds is 10. The quantitative estimate of drug-likeness (QED) is 0.215. The average Bonchev–Trinajstić information content (AvgIpc) is 2.55. The van der Waals surface area contributed by atoms with Crippen molar-refractivity contribution < 1.29 is 10.2 Å². The molecular weight excluding hydrogens is 286 g/mol. The first-order valence-corrected chi connectivity index (χ1v) is 8.97. The van der Waals surface area contributed by atoms with E-state index in [9.17, 15) is 5.11 Å². The van der Waals surface area contributed by atoms with Gasteiger partial charge < -0.3 is 15.9 Å². The fourth-order valence-corrected chi connectivity index (χ4v) is 3.14. The lowest BCUT2D eigenvalue weighted by atomic mass is 9.87. The van der Waals surface area contributed by atoms with E-state index in [-0.39, 0.29) is 11.7 Å². The Bertz CT molecular complexity index is 497. The van der Waals surface area contributed by atoms with E-state index >= 15 is 0 Å². The highest BCUT2D eigenvalue weighted by atomic mass is 16.3. The van der Waals surface area contributed by atoms with Crippen molar-refractivity contribution in [1.82, 2.24) is 0 Å². The third-order valence-electron chi connectivity index (χ3n) is 4.87. The maximum absolute atomic E-state index is 10.3. The van der Waals surface area contributed by atoms with Crippen molar-refractivity contribution in [3.05, 3.63) is 29.5 Å². The van der Waals surface area contributed by atoms with Gasteiger partial charge in [0.15, 0.2) is 0 Å². The smallest absolute Gasteiger partial charge is 0.142 e. The number of anilines is 1. The van der Waals surface area contributed by atoms with Gasteiger partial charge in [0.25, 0.3) is 0 Å². The van der Waals surface area contributed by atoms with Crippen LogP contribution in [-0.4, -0.2) is 10.2 Å². The average molecular weight is 319 g/mol. The van der Waals surface area contributed by atoms with Crippen molar-refractivity contribution >= 4 is 11.8 Å². The van der Waals surface area contributed by atoms with Crippen molar-refractivity contribution in [3.8, 4) is 5.75 Å². The Kier molecular flexibility index (Phi) is 8.60. The van der Waals surface area contributed by atoms with Gasteiger partial charge in [0.2, 0.25) is 0 Å². The van der Waals surface area contributed by atoms with E-state index in [0.29, 0.717) is 11.3 Å². The number of aliphatic hydroxyl groups excluding tert-OH is 1. The van der Waals surface area contributed by atoms with Gasteiger partial charge in [-0.05, 0) is 36.3 Å². The molecule has 0 saturated carbocycles. The van der Waals surface area contributed by atoms with Crippen LogP contribution < -0.4 is 5.73 Å². The van der Waals surface area contributed by atoms with E-state index in [2.05, 4.69) is 20.8 Å². The lowest BCUT2D eigenvalue weighted by molar-refractivity contribution is 0.389. The third kappa shape index (κ3) is 5.81. The van der Waals surface area contributed by atoms with Gasteiger partial charge in [-0.1, -0.05) is 65.0 Å². The second-order valence-corrected chi connectivity index (χ2v) is 6.57. The Morgan fingerprint density at radius 3 is 2.48 bits per heavy atom. The molecule has 130 valence electrons. The van der Waals surface area contributed by atoms with Crippen LogP contribution in [0.25, 0.3) is 6.08 Å². The topological polar surface area (TPSA) is 66.5 Å². The summed E-state index contributed by atoms with van der Waals surface area (Å²) in [5.41, 5.74) is 7.85. The van der Waals surface area contributed by atoms with E-state index in [1.807, 2.05) is 12.1 Å². The van der Waals surface area contributed by atoms with E-state index in [1.54, 1.807) is 0 Å². The van der Waals surface area contributed by atoms with Crippen molar-refractivity contribution in [1.29, 1.82) is 0 Å². The molecule has 0 amide bonds. The SMILES string of the molecule is CCCCCC(CC)CCC(C)c1ccc(/C=C\O)c(N)c1O. The molecule has 0 fully saturated rings. The van der Waals surface area contributed by atoms with Crippen LogP contribution in [-0.2, 0) is 0 Å². The van der Waals surface area contributed by atoms with Gasteiger partial charge in [-0.3, -0.25) is 0 Å². The Balaban J connectivity index is 2.67. The van der Waals surface area contributed by atoms with Crippen LogP contribution in [0.15, 0.2) is 18.4 Å². The molecule has 0 saturated heterocycles. The molecule has 0 aromatic heterocycles. The predicted octanol–water partition coefficient (Wildman–Crippen LogP) is 5.99. The summed E-state index contributed by atoms with van der Waals surface area (Å²) >= 11 is 0. The van der Waals surface area contributed by atoms with Crippen LogP contribution in [0.5, 0.6) is 5.75 Å². The van der Waals surface area contributed by atoms with E-state index in [0.717, 1.165) is 24.2 Å². The van der Waals surface area contributed by atoms with Gasteiger partial charge in [0.1, 0.15) is 5.75 Å². The Morgan fingerprint density at radius 1 is 1.13 bits per heavy atom. The number of aliphatic hydroxyl groups is 1. The molecule has 4 N–H and O–H groups in total. The molecule has 0 spiro atoms. The summed E-state index contributed by atoms with van der Waals surface area (Å²) in [4.78, 5) is 0. The maximum atomic E-state index is 10.3. The lowest BCUT2D eigenvalue weighted by Gasteiger charge is -2.20. The minimum Gasteiger partial charge on any atom is -0.516 e. The Labute approximate surface area is 141 Å². The Hall–Kier alpha value is -1.64. The number of aromatic hydroxyl groups is 1. The molecule has 1 aromatic carbocycles. The zero-order chi connectivity index (χ0) is 17.2. The molecular formula is C20H33NO2. The summed E-state index contributed by atoms with van der Waals surface area (Å²) in [6.07, 6.45) is 11.1. The number of unbranched alkanes of at least 4 members (excludes halogenated alkanes) is 2. The number of phenols is 1. The maximum Gasteiger partial charge on any atom is 0.142 e. The first-order valence-electron chi connectivity index (χ1n) is 8.97. The molecule has 0 aliphatic carbocycles. The number of hydrogen-bond donors (Lipinski definition) is 3. The summed E-state index contributed by atoms with van der Waals surface area (Å²) in [5.74, 6) is 1.22. The van der Waals surface area contributed by atoms with E-state index in [4.69, 9.17) is 10.8 Å². The molecule has 0 radical (unpaired) electrons. The second kappa shape index (κ2) is 10.2. The number of nitrogens with two attached hydrogens (primary N) is 1. The highest BCUT2D eigenvalue weighted by Gasteiger charge is 2.16. The summed E-state index contributed by atoms with van der Waals surface area (Å²) in [7, 11) is 0. The lowest BCUT2D eigenvalue weighted by Crippen LogP contribution is -2.04. The van der Waals surface area contributed by atoms with Crippen molar-refractivity contribution in [2.24, 2.45) is 5.92 Å². The number of nitrogen functional groups attached to an aromatic ring is 1. The molecule has 3 heteroatoms. The highest BCUT2D eigenvalue weighted by Crippen LogP contribution is 2.37. The highest BCUT2D eigenvalue weighted by molar-refractivity contribution is 5.71. The Morgan fingerprint density at radius 2 is 1.87 bits per heavy atom. The molecule has 0 aliphatic heterocycles. The zero-order valence-electron chi connectivity index (χ0n) is 14.9. The van der Waals surface area contributed by atoms with Crippen LogP contribution in [0.1, 0.15) is 82.8 Å². The first kappa shape index (κ1) is 19.4. The van der Waals surface area contributed by atoms with Gasteiger partial charge >= 0.3 is 0 Å². The molecule has 3 nitrogen and oxygen atoms in total. The summed E-state index contributed by atoms with van der Waals surface area (Å²) in [6.45, 7) is 6.66. The fraction of sp³-hybridized carbons (Fsp3) is 0.600. The predicted molar refractivity (Wildman–Crippen MR) is 99.8 cm³/mol. The summed E-state index contributed by atoms with van der Waals surface area (Å²) in [6, 6.07) is 3.77. The van der Waals surface area contributed by atoms with Crippen LogP contribution in [0.4, 0.5) is 5.69 Å². The molecule has 0 aliphatic rings. The standard InChI is InChI=1S/C20H33NO2/c1-4-6-7-8-16(5-2)10-9-15(3)18-12-11-17(13-14-22)19(21)20(18)23/h11-16,22-23H,4-10,21H2,1-3H3/b14-13-. The van der Waals surface area contributed by atoms with Crippen molar-refractivity contribution in [2.45, 2.75) is 71.6 Å². The van der Waals surface area contributed by atoms with E-state index in [1.165, 1.54) is 44.6 Å².